The van der Waals surface area contributed by atoms with Crippen LogP contribution in [0.5, 0.6) is 0 Å². The molecule has 1 aliphatic rings. The van der Waals surface area contributed by atoms with Gasteiger partial charge >= 0.3 is 0 Å². The van der Waals surface area contributed by atoms with Crippen LogP contribution in [0.2, 0.25) is 0 Å². The van der Waals surface area contributed by atoms with Gasteiger partial charge in [0.25, 0.3) is 0 Å². The van der Waals surface area contributed by atoms with Crippen LogP contribution in [-0.2, 0) is 0 Å². The van der Waals surface area contributed by atoms with Crippen LogP contribution in [0.4, 0.5) is 0 Å². The third kappa shape index (κ3) is 3.84. The fraction of sp³-hybridized carbons (Fsp3) is 0.765. The molecule has 0 spiro atoms. The van der Waals surface area contributed by atoms with Gasteiger partial charge in [-0.05, 0) is 62.7 Å². The number of thiophene rings is 1. The van der Waals surface area contributed by atoms with E-state index in [1.54, 1.807) is 0 Å². The highest BCUT2D eigenvalue weighted by atomic mass is 32.1. The lowest BCUT2D eigenvalue weighted by Gasteiger charge is -2.31. The molecule has 2 unspecified atom stereocenters. The van der Waals surface area contributed by atoms with Crippen molar-refractivity contribution in [1.29, 1.82) is 0 Å². The number of hydrogen-bond donors (Lipinski definition) is 1. The van der Waals surface area contributed by atoms with Crippen molar-refractivity contribution in [2.24, 2.45) is 17.1 Å². The first-order chi connectivity index (χ1) is 9.41. The summed E-state index contributed by atoms with van der Waals surface area (Å²) in [5, 5.41) is 0. The number of rotatable bonds is 3. The van der Waals surface area contributed by atoms with Crippen molar-refractivity contribution >= 4 is 11.3 Å². The molecule has 2 heterocycles. The van der Waals surface area contributed by atoms with Gasteiger partial charge in [0.15, 0.2) is 0 Å². The molecule has 1 aromatic heterocycles. The summed E-state index contributed by atoms with van der Waals surface area (Å²) in [6.07, 6.45) is 3.98. The quantitative estimate of drug-likeness (QED) is 0.905. The summed E-state index contributed by atoms with van der Waals surface area (Å²) in [7, 11) is 0. The van der Waals surface area contributed by atoms with E-state index in [0.29, 0.717) is 11.5 Å². The number of hydrogen-bond acceptors (Lipinski definition) is 3. The van der Waals surface area contributed by atoms with Crippen LogP contribution in [0.3, 0.4) is 0 Å². The molecule has 1 aliphatic heterocycles. The zero-order chi connectivity index (χ0) is 14.8. The van der Waals surface area contributed by atoms with Crippen molar-refractivity contribution in [3.63, 3.8) is 0 Å². The number of nitrogens with two attached hydrogens (primary N) is 1. The molecular formula is C17H30N2S. The van der Waals surface area contributed by atoms with E-state index < -0.39 is 0 Å². The maximum absolute atomic E-state index is 6.08. The lowest BCUT2D eigenvalue weighted by molar-refractivity contribution is 0.186. The maximum atomic E-state index is 6.08. The Labute approximate surface area is 128 Å². The summed E-state index contributed by atoms with van der Waals surface area (Å²) in [5.74, 6) is 0.844. The Balaban J connectivity index is 2.05. The van der Waals surface area contributed by atoms with Crippen molar-refractivity contribution in [3.8, 4) is 0 Å². The molecule has 0 aliphatic carbocycles. The van der Waals surface area contributed by atoms with Gasteiger partial charge in [-0.1, -0.05) is 20.8 Å². The predicted octanol–water partition coefficient (Wildman–Crippen LogP) is 4.20. The molecule has 0 aromatic carbocycles. The smallest absolute Gasteiger partial charge is 0.0564 e. The average Bonchev–Trinajstić information content (AvgIpc) is 2.64. The van der Waals surface area contributed by atoms with Gasteiger partial charge in [0.05, 0.1) is 6.04 Å². The van der Waals surface area contributed by atoms with E-state index in [0.717, 1.165) is 12.5 Å². The van der Waals surface area contributed by atoms with E-state index in [-0.39, 0.29) is 0 Å². The highest BCUT2D eigenvalue weighted by molar-refractivity contribution is 7.12. The summed E-state index contributed by atoms with van der Waals surface area (Å²) < 4.78 is 0. The molecule has 2 atom stereocenters. The van der Waals surface area contributed by atoms with Crippen molar-refractivity contribution in [2.45, 2.75) is 53.0 Å². The summed E-state index contributed by atoms with van der Waals surface area (Å²) in [5.41, 5.74) is 6.52. The average molecular weight is 295 g/mol. The maximum Gasteiger partial charge on any atom is 0.0564 e. The lowest BCUT2D eigenvalue weighted by atomic mass is 9.77. The summed E-state index contributed by atoms with van der Waals surface area (Å²) in [6, 6.07) is 4.91. The molecule has 3 heteroatoms. The number of nitrogens with zero attached hydrogens (tertiary/aromatic N) is 1. The van der Waals surface area contributed by atoms with E-state index in [4.69, 9.17) is 5.73 Å². The standard InChI is InChI=1S/C17H30N2S/c1-13-7-8-16(20-13)15(12-18)19-10-5-6-14(9-11-19)17(2,3)4/h7-8,14-15H,5-6,9-12,18H2,1-4H3. The van der Waals surface area contributed by atoms with E-state index >= 15 is 0 Å². The highest BCUT2D eigenvalue weighted by Gasteiger charge is 2.29. The summed E-state index contributed by atoms with van der Waals surface area (Å²) in [4.78, 5) is 5.46. The highest BCUT2D eigenvalue weighted by Crippen LogP contribution is 2.36. The summed E-state index contributed by atoms with van der Waals surface area (Å²) >= 11 is 1.91. The predicted molar refractivity (Wildman–Crippen MR) is 89.2 cm³/mol. The first kappa shape index (κ1) is 16.0. The second-order valence-electron chi connectivity index (χ2n) is 7.23. The molecule has 1 saturated heterocycles. The SMILES string of the molecule is Cc1ccc(C(CN)N2CCCC(C(C)(C)C)CC2)s1. The fourth-order valence-corrected chi connectivity index (χ4v) is 4.40. The van der Waals surface area contributed by atoms with Gasteiger partial charge in [0, 0.05) is 16.3 Å². The normalized spacial score (nSPS) is 23.6. The molecule has 1 aromatic rings. The molecule has 0 saturated carbocycles. The monoisotopic (exact) mass is 294 g/mol. The lowest BCUT2D eigenvalue weighted by Crippen LogP contribution is -2.34. The Morgan fingerprint density at radius 2 is 2.05 bits per heavy atom. The molecule has 20 heavy (non-hydrogen) atoms. The second-order valence-corrected chi connectivity index (χ2v) is 8.55. The van der Waals surface area contributed by atoms with Gasteiger partial charge in [-0.3, -0.25) is 4.90 Å². The molecule has 0 radical (unpaired) electrons. The van der Waals surface area contributed by atoms with Gasteiger partial charge in [-0.2, -0.15) is 0 Å². The second kappa shape index (κ2) is 6.59. The molecule has 2 N–H and O–H groups in total. The zero-order valence-corrected chi connectivity index (χ0v) is 14.3. The minimum atomic E-state index is 0.424. The molecule has 1 fully saturated rings. The van der Waals surface area contributed by atoms with Crippen LogP contribution in [0.25, 0.3) is 0 Å². The van der Waals surface area contributed by atoms with E-state index in [2.05, 4.69) is 44.7 Å². The van der Waals surface area contributed by atoms with Crippen LogP contribution < -0.4 is 5.73 Å². The fourth-order valence-electron chi connectivity index (χ4n) is 3.37. The third-order valence-electron chi connectivity index (χ3n) is 4.74. The van der Waals surface area contributed by atoms with Crippen molar-refractivity contribution in [1.82, 2.24) is 4.90 Å². The molecular weight excluding hydrogens is 264 g/mol. The molecule has 0 bridgehead atoms. The van der Waals surface area contributed by atoms with Crippen molar-refractivity contribution in [2.75, 3.05) is 19.6 Å². The third-order valence-corrected chi connectivity index (χ3v) is 5.84. The molecule has 2 rings (SSSR count). The molecule has 2 nitrogen and oxygen atoms in total. The summed E-state index contributed by atoms with van der Waals surface area (Å²) in [6.45, 7) is 12.5. The van der Waals surface area contributed by atoms with E-state index in [1.165, 1.54) is 42.1 Å². The van der Waals surface area contributed by atoms with Gasteiger partial charge in [0.1, 0.15) is 0 Å². The van der Waals surface area contributed by atoms with E-state index in [1.807, 2.05) is 11.3 Å². The van der Waals surface area contributed by atoms with E-state index in [9.17, 15) is 0 Å². The minimum absolute atomic E-state index is 0.424. The van der Waals surface area contributed by atoms with Gasteiger partial charge in [-0.25, -0.2) is 0 Å². The van der Waals surface area contributed by atoms with Crippen LogP contribution in [0, 0.1) is 18.3 Å². The van der Waals surface area contributed by atoms with Crippen LogP contribution in [-0.4, -0.2) is 24.5 Å². The Morgan fingerprint density at radius 3 is 2.60 bits per heavy atom. The van der Waals surface area contributed by atoms with Crippen LogP contribution in [0.15, 0.2) is 12.1 Å². The zero-order valence-electron chi connectivity index (χ0n) is 13.5. The van der Waals surface area contributed by atoms with Gasteiger partial charge in [0.2, 0.25) is 0 Å². The van der Waals surface area contributed by atoms with Crippen LogP contribution in [0.1, 0.15) is 55.8 Å². The number of likely N-dealkylation sites (tertiary alicyclic amines) is 1. The van der Waals surface area contributed by atoms with Gasteiger partial charge < -0.3 is 5.73 Å². The molecule has 114 valence electrons. The minimum Gasteiger partial charge on any atom is -0.329 e. The Hall–Kier alpha value is -0.380. The van der Waals surface area contributed by atoms with Crippen molar-refractivity contribution < 1.29 is 0 Å². The topological polar surface area (TPSA) is 29.3 Å². The van der Waals surface area contributed by atoms with Gasteiger partial charge in [-0.15, -0.1) is 11.3 Å². The number of aryl methyl sites for hydroxylation is 1. The first-order valence-corrected chi connectivity index (χ1v) is 8.74. The first-order valence-electron chi connectivity index (χ1n) is 7.92. The van der Waals surface area contributed by atoms with Crippen molar-refractivity contribution in [3.05, 3.63) is 21.9 Å². The Morgan fingerprint density at radius 1 is 1.30 bits per heavy atom. The Bertz CT molecular complexity index is 419. The van der Waals surface area contributed by atoms with Crippen LogP contribution >= 0.6 is 11.3 Å². The molecule has 0 amide bonds. The Kier molecular flexibility index (Phi) is 5.27. The largest absolute Gasteiger partial charge is 0.329 e.